The first-order valence-electron chi connectivity index (χ1n) is 6.64. The van der Waals surface area contributed by atoms with Gasteiger partial charge >= 0.3 is 0 Å². The lowest BCUT2D eigenvalue weighted by molar-refractivity contribution is 0.615. The topological polar surface area (TPSA) is 42.2 Å². The standard InChI is InChI=1S/C14H13FN4S/c15-10-4-5-13-17-14(18-19(13)8-10)16-7-11-6-9-2-1-3-12(9)20-11/h4-6,8H,1-3,7H2,(H,16,18). The highest BCUT2D eigenvalue weighted by Gasteiger charge is 2.14. The van der Waals surface area contributed by atoms with Gasteiger partial charge in [0.05, 0.1) is 12.7 Å². The third kappa shape index (κ3) is 2.06. The zero-order valence-electron chi connectivity index (χ0n) is 10.8. The Hall–Kier alpha value is -1.95. The second-order valence-electron chi connectivity index (χ2n) is 4.95. The molecule has 0 amide bonds. The van der Waals surface area contributed by atoms with Crippen molar-refractivity contribution in [2.45, 2.75) is 25.8 Å². The number of rotatable bonds is 3. The SMILES string of the molecule is Fc1ccc2nc(NCc3cc4c(s3)CCC4)nn2c1. The van der Waals surface area contributed by atoms with E-state index in [1.165, 1.54) is 51.4 Å². The average Bonchev–Trinajstić information content (AvgIpc) is 3.08. The molecule has 0 atom stereocenters. The minimum absolute atomic E-state index is 0.316. The molecule has 3 heterocycles. The Labute approximate surface area is 119 Å². The van der Waals surface area contributed by atoms with Crippen molar-refractivity contribution < 1.29 is 4.39 Å². The molecule has 6 heteroatoms. The number of aryl methyl sites for hydroxylation is 2. The number of pyridine rings is 1. The Morgan fingerprint density at radius 2 is 2.30 bits per heavy atom. The normalized spacial score (nSPS) is 13.8. The summed E-state index contributed by atoms with van der Waals surface area (Å²) in [5, 5.41) is 7.41. The quantitative estimate of drug-likeness (QED) is 0.805. The molecule has 1 N–H and O–H groups in total. The van der Waals surface area contributed by atoms with Crippen molar-refractivity contribution in [3.05, 3.63) is 45.5 Å². The van der Waals surface area contributed by atoms with E-state index in [2.05, 4.69) is 21.5 Å². The number of anilines is 1. The van der Waals surface area contributed by atoms with Crippen molar-refractivity contribution in [2.75, 3.05) is 5.32 Å². The lowest BCUT2D eigenvalue weighted by Crippen LogP contribution is -1.99. The molecule has 0 aromatic carbocycles. The van der Waals surface area contributed by atoms with Crippen molar-refractivity contribution in [2.24, 2.45) is 0 Å². The monoisotopic (exact) mass is 288 g/mol. The molecule has 3 aromatic rings. The summed E-state index contributed by atoms with van der Waals surface area (Å²) in [6.45, 7) is 0.719. The minimum atomic E-state index is -0.316. The number of halogens is 1. The largest absolute Gasteiger partial charge is 0.348 e. The van der Waals surface area contributed by atoms with Gasteiger partial charge in [0.2, 0.25) is 5.95 Å². The summed E-state index contributed by atoms with van der Waals surface area (Å²) in [6.07, 6.45) is 5.03. The molecule has 1 aliphatic rings. The van der Waals surface area contributed by atoms with Crippen LogP contribution in [0.4, 0.5) is 10.3 Å². The summed E-state index contributed by atoms with van der Waals surface area (Å²) < 4.78 is 14.5. The van der Waals surface area contributed by atoms with E-state index in [4.69, 9.17) is 0 Å². The smallest absolute Gasteiger partial charge is 0.243 e. The van der Waals surface area contributed by atoms with Crippen LogP contribution in [-0.4, -0.2) is 14.6 Å². The lowest BCUT2D eigenvalue weighted by Gasteiger charge is -1.98. The average molecular weight is 288 g/mol. The number of aromatic nitrogens is 3. The van der Waals surface area contributed by atoms with Gasteiger partial charge in [-0.25, -0.2) is 8.91 Å². The number of hydrogen-bond acceptors (Lipinski definition) is 4. The van der Waals surface area contributed by atoms with Gasteiger partial charge in [-0.3, -0.25) is 0 Å². The van der Waals surface area contributed by atoms with Gasteiger partial charge in [-0.1, -0.05) is 0 Å². The predicted octanol–water partition coefficient (Wildman–Crippen LogP) is 3.03. The van der Waals surface area contributed by atoms with E-state index in [0.717, 1.165) is 6.54 Å². The molecule has 1 aliphatic carbocycles. The molecule has 20 heavy (non-hydrogen) atoms. The first-order chi connectivity index (χ1) is 9.78. The molecule has 0 saturated heterocycles. The third-order valence-electron chi connectivity index (χ3n) is 3.51. The maximum Gasteiger partial charge on any atom is 0.243 e. The van der Waals surface area contributed by atoms with Crippen LogP contribution >= 0.6 is 11.3 Å². The van der Waals surface area contributed by atoms with Gasteiger partial charge in [0, 0.05) is 9.75 Å². The lowest BCUT2D eigenvalue weighted by atomic mass is 10.2. The van der Waals surface area contributed by atoms with Crippen LogP contribution in [0.1, 0.15) is 21.7 Å². The van der Waals surface area contributed by atoms with Gasteiger partial charge in [-0.15, -0.1) is 16.4 Å². The summed E-state index contributed by atoms with van der Waals surface area (Å²) in [4.78, 5) is 7.14. The minimum Gasteiger partial charge on any atom is -0.348 e. The fourth-order valence-corrected chi connectivity index (χ4v) is 3.78. The molecular formula is C14H13FN4S. The molecule has 3 aromatic heterocycles. The molecule has 0 unspecified atom stereocenters. The van der Waals surface area contributed by atoms with Crippen LogP contribution in [-0.2, 0) is 19.4 Å². The van der Waals surface area contributed by atoms with Crippen LogP contribution in [0.15, 0.2) is 24.4 Å². The van der Waals surface area contributed by atoms with Crippen molar-refractivity contribution in [1.29, 1.82) is 0 Å². The fourth-order valence-electron chi connectivity index (χ4n) is 2.58. The summed E-state index contributed by atoms with van der Waals surface area (Å²) in [7, 11) is 0. The highest BCUT2D eigenvalue weighted by Crippen LogP contribution is 2.30. The van der Waals surface area contributed by atoms with E-state index < -0.39 is 0 Å². The molecule has 4 rings (SSSR count). The fraction of sp³-hybridized carbons (Fsp3) is 0.286. The summed E-state index contributed by atoms with van der Waals surface area (Å²) in [6, 6.07) is 5.28. The second kappa shape index (κ2) is 4.56. The van der Waals surface area contributed by atoms with Crippen LogP contribution < -0.4 is 5.32 Å². The molecule has 0 aliphatic heterocycles. The number of nitrogens with one attached hydrogen (secondary N) is 1. The molecular weight excluding hydrogens is 275 g/mol. The van der Waals surface area contributed by atoms with Gasteiger partial charge < -0.3 is 5.32 Å². The molecule has 102 valence electrons. The summed E-state index contributed by atoms with van der Waals surface area (Å²) in [5.74, 6) is 0.216. The van der Waals surface area contributed by atoms with Crippen molar-refractivity contribution >= 4 is 22.9 Å². The molecule has 4 nitrogen and oxygen atoms in total. The van der Waals surface area contributed by atoms with E-state index in [0.29, 0.717) is 11.6 Å². The zero-order valence-corrected chi connectivity index (χ0v) is 11.6. The van der Waals surface area contributed by atoms with E-state index in [9.17, 15) is 4.39 Å². The Kier molecular flexibility index (Phi) is 2.70. The predicted molar refractivity (Wildman–Crippen MR) is 76.6 cm³/mol. The maximum absolute atomic E-state index is 13.1. The number of thiophene rings is 1. The van der Waals surface area contributed by atoms with Crippen molar-refractivity contribution in [3.63, 3.8) is 0 Å². The highest BCUT2D eigenvalue weighted by molar-refractivity contribution is 7.12. The maximum atomic E-state index is 13.1. The Morgan fingerprint density at radius 3 is 3.20 bits per heavy atom. The molecule has 0 radical (unpaired) electrons. The van der Waals surface area contributed by atoms with Crippen molar-refractivity contribution in [3.8, 4) is 0 Å². The van der Waals surface area contributed by atoms with Gasteiger partial charge in [0.25, 0.3) is 0 Å². The number of nitrogens with zero attached hydrogens (tertiary/aromatic N) is 3. The van der Waals surface area contributed by atoms with Crippen molar-refractivity contribution in [1.82, 2.24) is 14.6 Å². The first kappa shape index (κ1) is 11.8. The molecule has 0 saturated carbocycles. The van der Waals surface area contributed by atoms with Gasteiger partial charge in [0.1, 0.15) is 5.82 Å². The Balaban J connectivity index is 1.52. The number of hydrogen-bond donors (Lipinski definition) is 1. The van der Waals surface area contributed by atoms with E-state index in [1.807, 2.05) is 11.3 Å². The van der Waals surface area contributed by atoms with Crippen LogP contribution in [0.3, 0.4) is 0 Å². The van der Waals surface area contributed by atoms with Crippen LogP contribution in [0.25, 0.3) is 5.65 Å². The van der Waals surface area contributed by atoms with Gasteiger partial charge in [-0.2, -0.15) is 4.98 Å². The summed E-state index contributed by atoms with van der Waals surface area (Å²) >= 11 is 1.87. The van der Waals surface area contributed by atoms with Crippen LogP contribution in [0.5, 0.6) is 0 Å². The first-order valence-corrected chi connectivity index (χ1v) is 7.46. The van der Waals surface area contributed by atoms with E-state index in [-0.39, 0.29) is 5.82 Å². The summed E-state index contributed by atoms with van der Waals surface area (Å²) in [5.41, 5.74) is 2.14. The molecule has 0 fully saturated rings. The zero-order chi connectivity index (χ0) is 13.5. The number of fused-ring (bicyclic) bond motifs is 2. The van der Waals surface area contributed by atoms with Gasteiger partial charge in [0.15, 0.2) is 5.65 Å². The van der Waals surface area contributed by atoms with Gasteiger partial charge in [-0.05, 0) is 43.0 Å². The van der Waals surface area contributed by atoms with E-state index in [1.54, 1.807) is 6.07 Å². The highest BCUT2D eigenvalue weighted by atomic mass is 32.1. The molecule has 0 spiro atoms. The Bertz CT molecular complexity index is 755. The molecule has 0 bridgehead atoms. The van der Waals surface area contributed by atoms with E-state index >= 15 is 0 Å². The van der Waals surface area contributed by atoms with Crippen LogP contribution in [0.2, 0.25) is 0 Å². The third-order valence-corrected chi connectivity index (χ3v) is 4.75. The van der Waals surface area contributed by atoms with Crippen LogP contribution in [0, 0.1) is 5.82 Å². The second-order valence-corrected chi connectivity index (χ2v) is 6.18. The Morgan fingerprint density at radius 1 is 1.35 bits per heavy atom.